The average Bonchev–Trinajstić information content (AvgIpc) is 2.74. The van der Waals surface area contributed by atoms with E-state index in [0.717, 1.165) is 5.56 Å². The van der Waals surface area contributed by atoms with Gasteiger partial charge in [0, 0.05) is 6.54 Å². The summed E-state index contributed by atoms with van der Waals surface area (Å²) >= 11 is 0. The molecular formula is C22H26FNO6. The zero-order valence-electron chi connectivity index (χ0n) is 17.5. The maximum atomic E-state index is 12.9. The number of rotatable bonds is 10. The van der Waals surface area contributed by atoms with Gasteiger partial charge in [0.2, 0.25) is 5.75 Å². The highest BCUT2D eigenvalue weighted by Crippen LogP contribution is 2.38. The Hall–Kier alpha value is -3.29. The van der Waals surface area contributed by atoms with Crippen molar-refractivity contribution in [3.8, 4) is 17.2 Å². The molecular weight excluding hydrogens is 393 g/mol. The molecule has 1 atom stereocenters. The molecule has 0 saturated heterocycles. The van der Waals surface area contributed by atoms with Crippen molar-refractivity contribution in [1.82, 2.24) is 5.32 Å². The summed E-state index contributed by atoms with van der Waals surface area (Å²) in [6.07, 6.45) is -0.477. The predicted molar refractivity (Wildman–Crippen MR) is 108 cm³/mol. The molecule has 0 radical (unpaired) electrons. The Bertz CT molecular complexity index is 843. The standard InChI is InChI=1S/C22H26FNO6/c1-14(22(26)24-10-9-15-5-7-17(23)8-6-15)30-20(25)13-16-11-18(27-2)21(29-4)19(12-16)28-3/h5-8,11-12,14H,9-10,13H2,1-4H3,(H,24,26). The van der Waals surface area contributed by atoms with Crippen molar-refractivity contribution in [2.24, 2.45) is 0 Å². The summed E-state index contributed by atoms with van der Waals surface area (Å²) in [7, 11) is 4.46. The molecule has 0 saturated carbocycles. The van der Waals surface area contributed by atoms with Gasteiger partial charge in [-0.15, -0.1) is 0 Å². The summed E-state index contributed by atoms with van der Waals surface area (Å²) in [4.78, 5) is 24.4. The fraction of sp³-hybridized carbons (Fsp3) is 0.364. The molecule has 7 nitrogen and oxygen atoms in total. The molecule has 0 spiro atoms. The van der Waals surface area contributed by atoms with Crippen LogP contribution in [0.15, 0.2) is 36.4 Å². The molecule has 0 fully saturated rings. The zero-order chi connectivity index (χ0) is 22.1. The molecule has 0 aliphatic heterocycles. The molecule has 1 amide bonds. The molecule has 2 rings (SSSR count). The molecule has 0 aromatic heterocycles. The molecule has 8 heteroatoms. The van der Waals surface area contributed by atoms with Gasteiger partial charge >= 0.3 is 5.97 Å². The fourth-order valence-electron chi connectivity index (χ4n) is 2.82. The molecule has 30 heavy (non-hydrogen) atoms. The van der Waals surface area contributed by atoms with E-state index in [1.54, 1.807) is 24.3 Å². The summed E-state index contributed by atoms with van der Waals surface area (Å²) < 4.78 is 33.9. The third kappa shape index (κ3) is 6.37. The largest absolute Gasteiger partial charge is 0.493 e. The van der Waals surface area contributed by atoms with Gasteiger partial charge in [-0.1, -0.05) is 12.1 Å². The van der Waals surface area contributed by atoms with Gasteiger partial charge in [0.1, 0.15) is 5.82 Å². The van der Waals surface area contributed by atoms with Crippen LogP contribution in [0.5, 0.6) is 17.2 Å². The SMILES string of the molecule is COc1cc(CC(=O)OC(C)C(=O)NCCc2ccc(F)cc2)cc(OC)c1OC. The van der Waals surface area contributed by atoms with Gasteiger partial charge in [-0.3, -0.25) is 9.59 Å². The smallest absolute Gasteiger partial charge is 0.311 e. The number of methoxy groups -OCH3 is 3. The summed E-state index contributed by atoms with van der Waals surface area (Å²) in [6.45, 7) is 1.85. The number of halogens is 1. The summed E-state index contributed by atoms with van der Waals surface area (Å²) in [5, 5.41) is 2.70. The summed E-state index contributed by atoms with van der Waals surface area (Å²) in [6, 6.07) is 9.34. The fourth-order valence-corrected chi connectivity index (χ4v) is 2.82. The Kier molecular flexibility index (Phi) is 8.46. The van der Waals surface area contributed by atoms with Crippen LogP contribution < -0.4 is 19.5 Å². The van der Waals surface area contributed by atoms with Gasteiger partial charge in [-0.2, -0.15) is 0 Å². The van der Waals surface area contributed by atoms with E-state index >= 15 is 0 Å². The lowest BCUT2D eigenvalue weighted by Gasteiger charge is -2.15. The van der Waals surface area contributed by atoms with Gasteiger partial charge < -0.3 is 24.3 Å². The van der Waals surface area contributed by atoms with Gasteiger partial charge in [-0.05, 0) is 48.7 Å². The number of carbonyl (C=O) groups excluding carboxylic acids is 2. The van der Waals surface area contributed by atoms with Crippen LogP contribution in [0.2, 0.25) is 0 Å². The third-order valence-corrected chi connectivity index (χ3v) is 4.38. The molecule has 0 aliphatic carbocycles. The summed E-state index contributed by atoms with van der Waals surface area (Å²) in [5.41, 5.74) is 1.49. The normalized spacial score (nSPS) is 11.4. The van der Waals surface area contributed by atoms with Crippen molar-refractivity contribution in [3.05, 3.63) is 53.3 Å². The topological polar surface area (TPSA) is 83.1 Å². The highest BCUT2D eigenvalue weighted by molar-refractivity contribution is 5.84. The summed E-state index contributed by atoms with van der Waals surface area (Å²) in [5.74, 6) is -0.0141. The second-order valence-electron chi connectivity index (χ2n) is 6.51. The van der Waals surface area contributed by atoms with E-state index in [1.807, 2.05) is 0 Å². The number of carbonyl (C=O) groups is 2. The molecule has 2 aromatic rings. The minimum Gasteiger partial charge on any atom is -0.493 e. The number of nitrogens with one attached hydrogen (secondary N) is 1. The number of esters is 1. The highest BCUT2D eigenvalue weighted by atomic mass is 19.1. The Labute approximate surface area is 175 Å². The van der Waals surface area contributed by atoms with E-state index in [-0.39, 0.29) is 12.2 Å². The molecule has 0 bridgehead atoms. The lowest BCUT2D eigenvalue weighted by molar-refractivity contribution is -0.154. The van der Waals surface area contributed by atoms with E-state index in [9.17, 15) is 14.0 Å². The van der Waals surface area contributed by atoms with Crippen LogP contribution in [0.25, 0.3) is 0 Å². The minimum absolute atomic E-state index is 0.0656. The first kappa shape index (κ1) is 23.0. The van der Waals surface area contributed by atoms with Crippen molar-refractivity contribution < 1.29 is 32.9 Å². The van der Waals surface area contributed by atoms with E-state index < -0.39 is 18.0 Å². The van der Waals surface area contributed by atoms with Gasteiger partial charge in [0.25, 0.3) is 5.91 Å². The van der Waals surface area contributed by atoms with E-state index in [4.69, 9.17) is 18.9 Å². The monoisotopic (exact) mass is 419 g/mol. The molecule has 0 heterocycles. The van der Waals surface area contributed by atoms with Crippen LogP contribution in [-0.4, -0.2) is 45.9 Å². The number of ether oxygens (including phenoxy) is 4. The van der Waals surface area contributed by atoms with Crippen molar-refractivity contribution in [2.75, 3.05) is 27.9 Å². The van der Waals surface area contributed by atoms with Crippen molar-refractivity contribution in [2.45, 2.75) is 25.9 Å². The van der Waals surface area contributed by atoms with Crippen molar-refractivity contribution in [3.63, 3.8) is 0 Å². The minimum atomic E-state index is -0.951. The number of benzene rings is 2. The number of amides is 1. The molecule has 1 N–H and O–H groups in total. The first-order valence-corrected chi connectivity index (χ1v) is 9.38. The molecule has 162 valence electrons. The highest BCUT2D eigenvalue weighted by Gasteiger charge is 2.19. The second-order valence-corrected chi connectivity index (χ2v) is 6.51. The van der Waals surface area contributed by atoms with Crippen LogP contribution in [0.1, 0.15) is 18.1 Å². The third-order valence-electron chi connectivity index (χ3n) is 4.38. The first-order valence-electron chi connectivity index (χ1n) is 9.38. The molecule has 1 unspecified atom stereocenters. The number of hydrogen-bond acceptors (Lipinski definition) is 6. The molecule has 2 aromatic carbocycles. The van der Waals surface area contributed by atoms with E-state index in [0.29, 0.717) is 35.8 Å². The Balaban J connectivity index is 1.87. The Morgan fingerprint density at radius 3 is 2.10 bits per heavy atom. The average molecular weight is 419 g/mol. The Morgan fingerprint density at radius 2 is 1.57 bits per heavy atom. The van der Waals surface area contributed by atoms with Gasteiger partial charge in [0.05, 0.1) is 27.8 Å². The van der Waals surface area contributed by atoms with Crippen LogP contribution >= 0.6 is 0 Å². The maximum Gasteiger partial charge on any atom is 0.311 e. The number of hydrogen-bond donors (Lipinski definition) is 1. The van der Waals surface area contributed by atoms with Crippen LogP contribution in [0.3, 0.4) is 0 Å². The second kappa shape index (κ2) is 11.0. The van der Waals surface area contributed by atoms with Crippen molar-refractivity contribution >= 4 is 11.9 Å². The van der Waals surface area contributed by atoms with E-state index in [2.05, 4.69) is 5.32 Å². The molecule has 0 aliphatic rings. The first-order chi connectivity index (χ1) is 14.4. The predicted octanol–water partition coefficient (Wildman–Crippen LogP) is 2.68. The van der Waals surface area contributed by atoms with Crippen LogP contribution in [0.4, 0.5) is 4.39 Å². The van der Waals surface area contributed by atoms with Gasteiger partial charge in [0.15, 0.2) is 17.6 Å². The van der Waals surface area contributed by atoms with Crippen LogP contribution in [0, 0.1) is 5.82 Å². The lowest BCUT2D eigenvalue weighted by atomic mass is 10.1. The van der Waals surface area contributed by atoms with E-state index in [1.165, 1.54) is 40.4 Å². The van der Waals surface area contributed by atoms with Crippen LogP contribution in [-0.2, 0) is 27.2 Å². The van der Waals surface area contributed by atoms with Crippen molar-refractivity contribution in [1.29, 1.82) is 0 Å². The Morgan fingerprint density at radius 1 is 0.967 bits per heavy atom. The van der Waals surface area contributed by atoms with Gasteiger partial charge in [-0.25, -0.2) is 4.39 Å². The zero-order valence-corrected chi connectivity index (χ0v) is 17.5. The lowest BCUT2D eigenvalue weighted by Crippen LogP contribution is -2.37. The quantitative estimate of drug-likeness (QED) is 0.597. The maximum absolute atomic E-state index is 12.9.